The lowest BCUT2D eigenvalue weighted by Gasteiger charge is -2.34. The van der Waals surface area contributed by atoms with Gasteiger partial charge in [0.1, 0.15) is 5.75 Å². The van der Waals surface area contributed by atoms with E-state index in [4.69, 9.17) is 4.74 Å². The molecule has 0 aliphatic carbocycles. The Bertz CT molecular complexity index is 796. The van der Waals surface area contributed by atoms with E-state index < -0.39 is 0 Å². The molecule has 1 aliphatic heterocycles. The lowest BCUT2D eigenvalue weighted by molar-refractivity contribution is -0.126. The van der Waals surface area contributed by atoms with E-state index in [1.165, 1.54) is 0 Å². The third kappa shape index (κ3) is 3.39. The van der Waals surface area contributed by atoms with Crippen LogP contribution in [-0.2, 0) is 4.79 Å². The second-order valence-electron chi connectivity index (χ2n) is 6.60. The molecule has 5 heteroatoms. The first kappa shape index (κ1) is 19.3. The van der Waals surface area contributed by atoms with Crippen LogP contribution in [0, 0.1) is 5.41 Å². The van der Waals surface area contributed by atoms with Gasteiger partial charge in [-0.1, -0.05) is 38.5 Å². The van der Waals surface area contributed by atoms with Gasteiger partial charge in [0, 0.05) is 16.3 Å². The van der Waals surface area contributed by atoms with Crippen molar-refractivity contribution in [2.24, 2.45) is 5.41 Å². The number of anilines is 2. The summed E-state index contributed by atoms with van der Waals surface area (Å²) >= 11 is 5.34. The van der Waals surface area contributed by atoms with E-state index in [9.17, 15) is 4.79 Å². The largest absolute Gasteiger partial charge is 0.496 e. The lowest BCUT2D eigenvalue weighted by Crippen LogP contribution is -2.42. The number of amides is 1. The van der Waals surface area contributed by atoms with E-state index in [0.29, 0.717) is 0 Å². The molecular formula is C21H24BrNO2S. The predicted octanol–water partition coefficient (Wildman–Crippen LogP) is 6.42. The summed E-state index contributed by atoms with van der Waals surface area (Å²) in [6.45, 7) is 4.28. The van der Waals surface area contributed by atoms with Crippen molar-refractivity contribution in [1.29, 1.82) is 0 Å². The molecule has 0 bridgehead atoms. The zero-order valence-electron chi connectivity index (χ0n) is 15.4. The molecule has 3 rings (SSSR count). The molecule has 1 unspecified atom stereocenters. The van der Waals surface area contributed by atoms with Crippen molar-refractivity contribution in [2.45, 2.75) is 38.0 Å². The molecule has 0 N–H and O–H groups in total. The van der Waals surface area contributed by atoms with E-state index in [-0.39, 0.29) is 11.3 Å². The normalized spacial score (nSPS) is 19.8. The monoisotopic (exact) mass is 433 g/mol. The van der Waals surface area contributed by atoms with E-state index in [2.05, 4.69) is 29.8 Å². The molecule has 1 heterocycles. The van der Waals surface area contributed by atoms with Crippen molar-refractivity contribution >= 4 is 45.0 Å². The molecule has 26 heavy (non-hydrogen) atoms. The van der Waals surface area contributed by atoms with E-state index in [0.717, 1.165) is 51.5 Å². The number of benzene rings is 2. The molecule has 0 spiro atoms. The Labute approximate surface area is 168 Å². The molecule has 2 aromatic carbocycles. The topological polar surface area (TPSA) is 29.5 Å². The van der Waals surface area contributed by atoms with Gasteiger partial charge in [-0.25, -0.2) is 0 Å². The predicted molar refractivity (Wildman–Crippen MR) is 113 cm³/mol. The number of methoxy groups -OCH3 is 1. The van der Waals surface area contributed by atoms with Gasteiger partial charge in [-0.05, 0) is 53.0 Å². The van der Waals surface area contributed by atoms with Gasteiger partial charge in [-0.2, -0.15) is 0 Å². The maximum atomic E-state index is 13.8. The second-order valence-corrected chi connectivity index (χ2v) is 8.47. The lowest BCUT2D eigenvalue weighted by atomic mass is 9.81. The molecule has 0 fully saturated rings. The summed E-state index contributed by atoms with van der Waals surface area (Å²) in [6, 6.07) is 14.0. The fraction of sp³-hybridized carbons (Fsp3) is 0.381. The van der Waals surface area contributed by atoms with E-state index in [1.807, 2.05) is 47.4 Å². The fourth-order valence-corrected chi connectivity index (χ4v) is 5.40. The summed E-state index contributed by atoms with van der Waals surface area (Å²) in [5.41, 5.74) is 1.48. The smallest absolute Gasteiger partial charge is 0.238 e. The maximum Gasteiger partial charge on any atom is 0.238 e. The number of carbonyl (C=O) groups is 1. The average molecular weight is 434 g/mol. The number of para-hydroxylation sites is 1. The van der Waals surface area contributed by atoms with Crippen molar-refractivity contribution in [3.05, 3.63) is 46.9 Å². The SMILES string of the molecule is CCCC1(CC)CSc2cc(OC)c(Br)cc2N(c2ccccc2)C1=O. The Kier molecular flexibility index (Phi) is 5.98. The number of nitrogens with zero attached hydrogens (tertiary/aromatic N) is 1. The fourth-order valence-electron chi connectivity index (χ4n) is 3.52. The first-order valence-corrected chi connectivity index (χ1v) is 10.7. The van der Waals surface area contributed by atoms with Crippen LogP contribution in [0.4, 0.5) is 11.4 Å². The van der Waals surface area contributed by atoms with Gasteiger partial charge in [0.05, 0.1) is 22.7 Å². The first-order valence-electron chi connectivity index (χ1n) is 8.96. The zero-order chi connectivity index (χ0) is 18.7. The first-order chi connectivity index (χ1) is 12.6. The standard InChI is InChI=1S/C21H24BrNO2S/c1-4-11-21(5-2)14-26-19-13-18(25-3)16(22)12-17(19)23(20(21)24)15-9-7-6-8-10-15/h6-10,12-13H,4-5,11,14H2,1-3H3. The summed E-state index contributed by atoms with van der Waals surface area (Å²) in [4.78, 5) is 16.8. The molecule has 2 aromatic rings. The number of rotatable bonds is 5. The van der Waals surface area contributed by atoms with Crippen molar-refractivity contribution in [2.75, 3.05) is 17.8 Å². The molecule has 1 atom stereocenters. The number of thioether (sulfide) groups is 1. The van der Waals surface area contributed by atoms with Gasteiger partial charge in [0.25, 0.3) is 0 Å². The highest BCUT2D eigenvalue weighted by Gasteiger charge is 2.43. The maximum absolute atomic E-state index is 13.8. The second kappa shape index (κ2) is 8.05. The van der Waals surface area contributed by atoms with Crippen LogP contribution in [0.5, 0.6) is 5.75 Å². The highest BCUT2D eigenvalue weighted by Crippen LogP contribution is 2.49. The summed E-state index contributed by atoms with van der Waals surface area (Å²) in [7, 11) is 1.67. The Morgan fingerprint density at radius 2 is 1.96 bits per heavy atom. The Hall–Kier alpha value is -1.46. The number of ether oxygens (including phenoxy) is 1. The molecule has 1 aliphatic rings. The Morgan fingerprint density at radius 1 is 1.23 bits per heavy atom. The molecular weight excluding hydrogens is 410 g/mol. The zero-order valence-corrected chi connectivity index (χ0v) is 17.8. The summed E-state index contributed by atoms with van der Waals surface area (Å²) in [5.74, 6) is 1.77. The van der Waals surface area contributed by atoms with E-state index >= 15 is 0 Å². The van der Waals surface area contributed by atoms with Crippen LogP contribution < -0.4 is 9.64 Å². The van der Waals surface area contributed by atoms with Crippen LogP contribution in [0.1, 0.15) is 33.1 Å². The molecule has 138 valence electrons. The highest BCUT2D eigenvalue weighted by atomic mass is 79.9. The van der Waals surface area contributed by atoms with Crippen LogP contribution in [0.25, 0.3) is 0 Å². The molecule has 0 saturated carbocycles. The van der Waals surface area contributed by atoms with Crippen LogP contribution in [0.2, 0.25) is 0 Å². The van der Waals surface area contributed by atoms with Gasteiger partial charge in [-0.15, -0.1) is 11.8 Å². The van der Waals surface area contributed by atoms with Crippen LogP contribution in [0.15, 0.2) is 51.8 Å². The molecule has 1 amide bonds. The van der Waals surface area contributed by atoms with Crippen LogP contribution in [0.3, 0.4) is 0 Å². The molecule has 0 saturated heterocycles. The number of fused-ring (bicyclic) bond motifs is 1. The van der Waals surface area contributed by atoms with Crippen molar-refractivity contribution in [3.8, 4) is 5.75 Å². The minimum atomic E-state index is -0.353. The van der Waals surface area contributed by atoms with Gasteiger partial charge in [0.2, 0.25) is 5.91 Å². The average Bonchev–Trinajstić information content (AvgIpc) is 2.77. The highest BCUT2D eigenvalue weighted by molar-refractivity contribution is 9.10. The number of carbonyl (C=O) groups excluding carboxylic acids is 1. The van der Waals surface area contributed by atoms with E-state index in [1.54, 1.807) is 18.9 Å². The van der Waals surface area contributed by atoms with Gasteiger partial charge in [-0.3, -0.25) is 9.69 Å². The van der Waals surface area contributed by atoms with Crippen LogP contribution >= 0.6 is 27.7 Å². The minimum Gasteiger partial charge on any atom is -0.496 e. The quantitative estimate of drug-likeness (QED) is 0.544. The summed E-state index contributed by atoms with van der Waals surface area (Å²) in [5, 5.41) is 0. The Morgan fingerprint density at radius 3 is 2.58 bits per heavy atom. The van der Waals surface area contributed by atoms with Crippen molar-refractivity contribution in [1.82, 2.24) is 0 Å². The molecule has 0 aromatic heterocycles. The summed E-state index contributed by atoms with van der Waals surface area (Å²) < 4.78 is 6.34. The molecule has 3 nitrogen and oxygen atoms in total. The van der Waals surface area contributed by atoms with Crippen molar-refractivity contribution < 1.29 is 9.53 Å². The number of hydrogen-bond donors (Lipinski definition) is 0. The number of halogens is 1. The summed E-state index contributed by atoms with van der Waals surface area (Å²) in [6.07, 6.45) is 2.72. The third-order valence-corrected chi connectivity index (χ3v) is 7.01. The van der Waals surface area contributed by atoms with Gasteiger partial charge < -0.3 is 4.74 Å². The van der Waals surface area contributed by atoms with Gasteiger partial charge in [0.15, 0.2) is 0 Å². The Balaban J connectivity index is 2.22. The van der Waals surface area contributed by atoms with Crippen molar-refractivity contribution in [3.63, 3.8) is 0 Å². The molecule has 0 radical (unpaired) electrons. The minimum absolute atomic E-state index is 0.191. The van der Waals surface area contributed by atoms with Crippen LogP contribution in [-0.4, -0.2) is 18.8 Å². The van der Waals surface area contributed by atoms with Gasteiger partial charge >= 0.3 is 0 Å². The third-order valence-electron chi connectivity index (χ3n) is 5.05. The number of hydrogen-bond acceptors (Lipinski definition) is 3.